The molecule has 0 saturated carbocycles. The minimum absolute atomic E-state index is 0.720. The Kier molecular flexibility index (Phi) is 5.55. The van der Waals surface area contributed by atoms with Gasteiger partial charge in [0.15, 0.2) is 0 Å². The maximum atomic E-state index is 9.39. The van der Waals surface area contributed by atoms with E-state index in [0.29, 0.717) is 0 Å². The summed E-state index contributed by atoms with van der Waals surface area (Å²) in [7, 11) is 0. The molecule has 0 saturated heterocycles. The van der Waals surface area contributed by atoms with Crippen LogP contribution >= 0.6 is 0 Å². The Labute approximate surface area is 178 Å². The molecule has 1 aromatic rings. The molecule has 0 bridgehead atoms. The van der Waals surface area contributed by atoms with Crippen molar-refractivity contribution in [3.63, 3.8) is 0 Å². The van der Waals surface area contributed by atoms with Gasteiger partial charge in [-0.15, -0.1) is 0 Å². The van der Waals surface area contributed by atoms with Gasteiger partial charge in [0.1, 0.15) is 17.3 Å². The molecule has 30 heavy (non-hydrogen) atoms. The van der Waals surface area contributed by atoms with Crippen molar-refractivity contribution >= 4 is 11.3 Å². The Morgan fingerprint density at radius 2 is 2.00 bits per heavy atom. The highest BCUT2D eigenvalue weighted by Gasteiger charge is 2.29. The van der Waals surface area contributed by atoms with Gasteiger partial charge in [0.05, 0.1) is 12.3 Å². The monoisotopic (exact) mass is 400 g/mol. The van der Waals surface area contributed by atoms with Crippen molar-refractivity contribution in [3.8, 4) is 11.8 Å². The minimum Gasteiger partial charge on any atom is -0.464 e. The van der Waals surface area contributed by atoms with Gasteiger partial charge < -0.3 is 14.8 Å². The van der Waals surface area contributed by atoms with Crippen LogP contribution < -0.4 is 10.1 Å². The largest absolute Gasteiger partial charge is 0.464 e. The van der Waals surface area contributed by atoms with Crippen LogP contribution in [0.25, 0.3) is 5.57 Å². The zero-order valence-electron chi connectivity index (χ0n) is 18.2. The molecule has 154 valence electrons. The first kappa shape index (κ1) is 20.1. The maximum absolute atomic E-state index is 9.39. The van der Waals surface area contributed by atoms with Gasteiger partial charge in [-0.25, -0.2) is 0 Å². The second-order valence-corrected chi connectivity index (χ2v) is 7.89. The molecule has 4 nitrogen and oxygen atoms in total. The average molecular weight is 401 g/mol. The fourth-order valence-corrected chi connectivity index (χ4v) is 4.40. The first-order valence-electron chi connectivity index (χ1n) is 10.8. The van der Waals surface area contributed by atoms with Gasteiger partial charge in [-0.1, -0.05) is 6.92 Å². The third kappa shape index (κ3) is 3.45. The van der Waals surface area contributed by atoms with Crippen molar-refractivity contribution in [2.45, 2.75) is 53.4 Å². The highest BCUT2D eigenvalue weighted by molar-refractivity contribution is 5.78. The van der Waals surface area contributed by atoms with Crippen LogP contribution in [-0.4, -0.2) is 6.54 Å². The second kappa shape index (κ2) is 8.28. The van der Waals surface area contributed by atoms with E-state index in [-0.39, 0.29) is 0 Å². The third-order valence-corrected chi connectivity index (χ3v) is 5.96. The number of ether oxygens (including phenoxy) is 2. The molecule has 3 aliphatic rings. The highest BCUT2D eigenvalue weighted by Crippen LogP contribution is 2.43. The van der Waals surface area contributed by atoms with Crippen LogP contribution in [0.2, 0.25) is 0 Å². The van der Waals surface area contributed by atoms with E-state index in [1.807, 2.05) is 13.0 Å². The van der Waals surface area contributed by atoms with Crippen LogP contribution in [0.3, 0.4) is 0 Å². The standard InChI is InChI=1S/C26H28N2O2/c1-5-18-13-22-16(3)12-24(30-25(22)14-23(18)28-6-2)21-9-7-8-20-19(17(4)15-27)10-11-29-26(20)21/h10-14,28H,5-9H2,1-4H3/b19-17-,24-21?. The lowest BCUT2D eigenvalue weighted by Crippen LogP contribution is -2.15. The van der Waals surface area contributed by atoms with E-state index in [2.05, 4.69) is 50.4 Å². The Hall–Kier alpha value is -3.19. The van der Waals surface area contributed by atoms with Crippen LogP contribution in [0, 0.1) is 11.3 Å². The van der Waals surface area contributed by atoms with Gasteiger partial charge in [0, 0.05) is 40.6 Å². The van der Waals surface area contributed by atoms with Crippen molar-refractivity contribution in [1.29, 1.82) is 5.26 Å². The molecule has 1 aliphatic carbocycles. The fraction of sp³-hybridized carbons (Fsp3) is 0.346. The summed E-state index contributed by atoms with van der Waals surface area (Å²) in [5.41, 5.74) is 8.67. The summed E-state index contributed by atoms with van der Waals surface area (Å²) in [4.78, 5) is 0. The van der Waals surface area contributed by atoms with Crippen LogP contribution in [0.4, 0.5) is 5.69 Å². The van der Waals surface area contributed by atoms with Crippen molar-refractivity contribution < 1.29 is 9.47 Å². The predicted octanol–water partition coefficient (Wildman–Crippen LogP) is 6.55. The SMILES string of the molecule is CCNc1cc2c(cc1CC)C(C)=CC(=C1CCCC3=C1OC=C/C3=C(\C)C#N)O2. The molecule has 0 atom stereocenters. The number of nitrogens with one attached hydrogen (secondary N) is 1. The molecular weight excluding hydrogens is 372 g/mol. The molecule has 0 fully saturated rings. The number of allylic oxidation sites excluding steroid dienone is 7. The summed E-state index contributed by atoms with van der Waals surface area (Å²) in [6.45, 7) is 9.16. The van der Waals surface area contributed by atoms with E-state index >= 15 is 0 Å². The maximum Gasteiger partial charge on any atom is 0.137 e. The van der Waals surface area contributed by atoms with E-state index in [4.69, 9.17) is 9.47 Å². The molecule has 0 unspecified atom stereocenters. The molecule has 4 rings (SSSR count). The van der Waals surface area contributed by atoms with Gasteiger partial charge in [-0.2, -0.15) is 5.26 Å². The molecule has 0 spiro atoms. The molecule has 0 amide bonds. The first-order valence-corrected chi connectivity index (χ1v) is 10.8. The van der Waals surface area contributed by atoms with E-state index in [0.717, 1.165) is 83.0 Å². The van der Waals surface area contributed by atoms with Crippen LogP contribution in [-0.2, 0) is 11.2 Å². The van der Waals surface area contributed by atoms with E-state index in [9.17, 15) is 5.26 Å². The zero-order valence-corrected chi connectivity index (χ0v) is 18.2. The fourth-order valence-electron chi connectivity index (χ4n) is 4.40. The van der Waals surface area contributed by atoms with Gasteiger partial charge in [0.25, 0.3) is 0 Å². The van der Waals surface area contributed by atoms with E-state index in [1.54, 1.807) is 6.26 Å². The normalized spacial score (nSPS) is 21.6. The number of hydrogen-bond acceptors (Lipinski definition) is 4. The van der Waals surface area contributed by atoms with E-state index < -0.39 is 0 Å². The Bertz CT molecular complexity index is 1090. The van der Waals surface area contributed by atoms with Gasteiger partial charge in [-0.3, -0.25) is 0 Å². The summed E-state index contributed by atoms with van der Waals surface area (Å²) in [6.07, 6.45) is 9.51. The lowest BCUT2D eigenvalue weighted by Gasteiger charge is -2.29. The molecule has 4 heteroatoms. The average Bonchev–Trinajstić information content (AvgIpc) is 2.77. The lowest BCUT2D eigenvalue weighted by atomic mass is 9.85. The van der Waals surface area contributed by atoms with Gasteiger partial charge >= 0.3 is 0 Å². The highest BCUT2D eigenvalue weighted by atomic mass is 16.5. The number of fused-ring (bicyclic) bond motifs is 1. The smallest absolute Gasteiger partial charge is 0.137 e. The first-order chi connectivity index (χ1) is 14.6. The lowest BCUT2D eigenvalue weighted by molar-refractivity contribution is 0.328. The Balaban J connectivity index is 1.82. The summed E-state index contributed by atoms with van der Waals surface area (Å²) in [5, 5.41) is 12.9. The van der Waals surface area contributed by atoms with Crippen LogP contribution in [0.1, 0.15) is 58.1 Å². The third-order valence-electron chi connectivity index (χ3n) is 5.96. The predicted molar refractivity (Wildman–Crippen MR) is 121 cm³/mol. The minimum atomic E-state index is 0.720. The van der Waals surface area contributed by atoms with Crippen LogP contribution in [0.5, 0.6) is 5.75 Å². The summed E-state index contributed by atoms with van der Waals surface area (Å²) in [5.74, 6) is 2.59. The molecule has 1 aromatic carbocycles. The molecule has 2 heterocycles. The number of nitrogens with zero attached hydrogens (tertiary/aromatic N) is 1. The van der Waals surface area contributed by atoms with Crippen molar-refractivity contribution in [1.82, 2.24) is 0 Å². The number of aryl methyl sites for hydroxylation is 1. The number of benzene rings is 1. The van der Waals surface area contributed by atoms with Crippen molar-refractivity contribution in [3.05, 3.63) is 75.5 Å². The second-order valence-electron chi connectivity index (χ2n) is 7.89. The van der Waals surface area contributed by atoms with Crippen LogP contribution in [0.15, 0.2) is 64.4 Å². The Morgan fingerprint density at radius 3 is 2.73 bits per heavy atom. The molecule has 2 aliphatic heterocycles. The topological polar surface area (TPSA) is 54.3 Å². The molecule has 0 radical (unpaired) electrons. The number of nitriles is 1. The van der Waals surface area contributed by atoms with Crippen molar-refractivity contribution in [2.75, 3.05) is 11.9 Å². The van der Waals surface area contributed by atoms with E-state index in [1.165, 1.54) is 11.1 Å². The summed E-state index contributed by atoms with van der Waals surface area (Å²) < 4.78 is 12.4. The Morgan fingerprint density at radius 1 is 1.20 bits per heavy atom. The molecular formula is C26H28N2O2. The van der Waals surface area contributed by atoms with Gasteiger partial charge in [-0.05, 0) is 81.4 Å². The molecule has 1 N–H and O–H groups in total. The number of anilines is 1. The quantitative estimate of drug-likeness (QED) is 0.584. The zero-order chi connectivity index (χ0) is 21.3. The molecule has 0 aromatic heterocycles. The van der Waals surface area contributed by atoms with Crippen molar-refractivity contribution in [2.24, 2.45) is 0 Å². The summed E-state index contributed by atoms with van der Waals surface area (Å²) >= 11 is 0. The summed E-state index contributed by atoms with van der Waals surface area (Å²) in [6, 6.07) is 6.65. The number of hydrogen-bond donors (Lipinski definition) is 1. The van der Waals surface area contributed by atoms with Gasteiger partial charge in [0.2, 0.25) is 0 Å². The number of rotatable bonds is 3.